The van der Waals surface area contributed by atoms with Crippen molar-refractivity contribution < 1.29 is 19.5 Å². The molecule has 0 aliphatic carbocycles. The van der Waals surface area contributed by atoms with Gasteiger partial charge in [-0.05, 0) is 0 Å². The maximum absolute atomic E-state index is 12.1. The largest absolute Gasteiger partial charge is 0.481 e. The van der Waals surface area contributed by atoms with Gasteiger partial charge < -0.3 is 14.9 Å². The molecule has 2 rings (SSSR count). The zero-order valence-electron chi connectivity index (χ0n) is 12.0. The molecule has 2 aliphatic heterocycles. The van der Waals surface area contributed by atoms with Gasteiger partial charge in [-0.15, -0.1) is 0 Å². The summed E-state index contributed by atoms with van der Waals surface area (Å²) in [5.41, 5.74) is 0. The molecule has 0 spiro atoms. The number of aliphatic carboxylic acids is 1. The van der Waals surface area contributed by atoms with Crippen LogP contribution in [-0.2, 0) is 9.59 Å². The summed E-state index contributed by atoms with van der Waals surface area (Å²) in [5.74, 6) is 0.106. The van der Waals surface area contributed by atoms with Crippen molar-refractivity contribution in [3.8, 4) is 0 Å². The van der Waals surface area contributed by atoms with Gasteiger partial charge in [0.25, 0.3) is 5.24 Å². The number of amides is 2. The molecule has 0 bridgehead atoms. The van der Waals surface area contributed by atoms with E-state index in [9.17, 15) is 14.4 Å². The second kappa shape index (κ2) is 7.65. The Morgan fingerprint density at radius 2 is 1.76 bits per heavy atom. The first-order chi connectivity index (χ1) is 10.1. The van der Waals surface area contributed by atoms with Crippen molar-refractivity contribution in [3.05, 3.63) is 0 Å². The maximum Gasteiger partial charge on any atom is 0.304 e. The van der Waals surface area contributed by atoms with Crippen LogP contribution in [0.15, 0.2) is 0 Å². The Morgan fingerprint density at radius 1 is 1.05 bits per heavy atom. The van der Waals surface area contributed by atoms with Crippen LogP contribution in [0, 0.1) is 0 Å². The van der Waals surface area contributed by atoms with Crippen LogP contribution >= 0.6 is 11.8 Å². The first-order valence-electron chi connectivity index (χ1n) is 7.20. The van der Waals surface area contributed by atoms with E-state index in [0.29, 0.717) is 32.6 Å². The summed E-state index contributed by atoms with van der Waals surface area (Å²) >= 11 is 1.31. The number of carbonyl (C=O) groups excluding carboxylic acids is 2. The molecule has 0 atom stereocenters. The van der Waals surface area contributed by atoms with Crippen molar-refractivity contribution in [1.82, 2.24) is 14.7 Å². The lowest BCUT2D eigenvalue weighted by molar-refractivity contribution is -0.138. The molecule has 21 heavy (non-hydrogen) atoms. The lowest BCUT2D eigenvalue weighted by Crippen LogP contribution is -2.49. The van der Waals surface area contributed by atoms with Crippen LogP contribution in [0.2, 0.25) is 0 Å². The molecule has 2 aliphatic rings. The smallest absolute Gasteiger partial charge is 0.304 e. The standard InChI is InChI=1S/C13H21N3O4S/c17-11(1-4-16-9-10-21-13(16)20)15-7-5-14(6-8-15)3-2-12(18)19/h1-10H2,(H,18,19). The molecule has 2 heterocycles. The summed E-state index contributed by atoms with van der Waals surface area (Å²) in [7, 11) is 0. The lowest BCUT2D eigenvalue weighted by Gasteiger charge is -2.34. The maximum atomic E-state index is 12.1. The van der Waals surface area contributed by atoms with E-state index in [0.717, 1.165) is 25.4 Å². The summed E-state index contributed by atoms with van der Waals surface area (Å²) in [6.07, 6.45) is 0.518. The van der Waals surface area contributed by atoms with Gasteiger partial charge >= 0.3 is 5.97 Å². The second-order valence-electron chi connectivity index (χ2n) is 5.22. The zero-order chi connectivity index (χ0) is 15.2. The van der Waals surface area contributed by atoms with Gasteiger partial charge in [-0.3, -0.25) is 19.3 Å². The fraction of sp³-hybridized carbons (Fsp3) is 0.769. The summed E-state index contributed by atoms with van der Waals surface area (Å²) in [5, 5.41) is 8.73. The van der Waals surface area contributed by atoms with E-state index in [4.69, 9.17) is 5.11 Å². The van der Waals surface area contributed by atoms with Gasteiger partial charge in [0, 0.05) is 58.0 Å². The minimum Gasteiger partial charge on any atom is -0.481 e. The van der Waals surface area contributed by atoms with E-state index in [-0.39, 0.29) is 17.6 Å². The number of carbonyl (C=O) groups is 3. The van der Waals surface area contributed by atoms with Gasteiger partial charge in [-0.25, -0.2) is 0 Å². The Balaban J connectivity index is 1.65. The second-order valence-corrected chi connectivity index (χ2v) is 6.26. The normalized spacial score (nSPS) is 20.1. The third-order valence-electron chi connectivity index (χ3n) is 3.81. The highest BCUT2D eigenvalue weighted by atomic mass is 32.2. The Bertz CT molecular complexity index is 410. The van der Waals surface area contributed by atoms with Gasteiger partial charge in [-0.2, -0.15) is 0 Å². The molecular weight excluding hydrogens is 294 g/mol. The molecule has 2 amide bonds. The van der Waals surface area contributed by atoms with Gasteiger partial charge in [0.05, 0.1) is 6.42 Å². The SMILES string of the molecule is O=C(O)CCN1CCN(C(=O)CCN2CCSC2=O)CC1. The van der Waals surface area contributed by atoms with E-state index in [1.807, 2.05) is 4.90 Å². The summed E-state index contributed by atoms with van der Waals surface area (Å²) < 4.78 is 0. The minimum absolute atomic E-state index is 0.0706. The van der Waals surface area contributed by atoms with Crippen LogP contribution in [0.25, 0.3) is 0 Å². The van der Waals surface area contributed by atoms with Crippen LogP contribution in [0.1, 0.15) is 12.8 Å². The molecule has 2 saturated heterocycles. The average Bonchev–Trinajstić information content (AvgIpc) is 2.88. The molecule has 2 fully saturated rings. The molecular formula is C13H21N3O4S. The summed E-state index contributed by atoms with van der Waals surface area (Å²) in [6, 6.07) is 0. The summed E-state index contributed by atoms with van der Waals surface area (Å²) in [6.45, 7) is 4.50. The van der Waals surface area contributed by atoms with Crippen LogP contribution in [-0.4, -0.2) is 88.5 Å². The fourth-order valence-corrected chi connectivity index (χ4v) is 3.34. The van der Waals surface area contributed by atoms with E-state index < -0.39 is 5.97 Å². The molecule has 1 N–H and O–H groups in total. The van der Waals surface area contributed by atoms with Crippen LogP contribution in [0.3, 0.4) is 0 Å². The first-order valence-corrected chi connectivity index (χ1v) is 8.18. The van der Waals surface area contributed by atoms with Gasteiger partial charge in [0.15, 0.2) is 0 Å². The average molecular weight is 315 g/mol. The topological polar surface area (TPSA) is 81.2 Å². The molecule has 0 aromatic heterocycles. The number of carboxylic acid groups (broad SMARTS) is 1. The van der Waals surface area contributed by atoms with Gasteiger partial charge in [0.2, 0.25) is 5.91 Å². The Hall–Kier alpha value is -1.28. The molecule has 0 aromatic rings. The first kappa shape index (κ1) is 16.1. The van der Waals surface area contributed by atoms with E-state index in [1.54, 1.807) is 4.90 Å². The number of hydrogen-bond donors (Lipinski definition) is 1. The highest BCUT2D eigenvalue weighted by molar-refractivity contribution is 8.13. The molecule has 118 valence electrons. The van der Waals surface area contributed by atoms with E-state index >= 15 is 0 Å². The Kier molecular flexibility index (Phi) is 5.86. The van der Waals surface area contributed by atoms with E-state index in [2.05, 4.69) is 4.90 Å². The number of thioether (sulfide) groups is 1. The molecule has 8 heteroatoms. The molecule has 0 radical (unpaired) electrons. The Labute approximate surface area is 128 Å². The number of piperazine rings is 1. The van der Waals surface area contributed by atoms with Crippen molar-refractivity contribution in [2.24, 2.45) is 0 Å². The summed E-state index contributed by atoms with van der Waals surface area (Å²) in [4.78, 5) is 39.7. The fourth-order valence-electron chi connectivity index (χ4n) is 2.49. The molecule has 0 unspecified atom stereocenters. The molecule has 0 saturated carbocycles. The van der Waals surface area contributed by atoms with Crippen LogP contribution in [0.4, 0.5) is 4.79 Å². The number of carboxylic acids is 1. The minimum atomic E-state index is -0.790. The third-order valence-corrected chi connectivity index (χ3v) is 4.70. The predicted molar refractivity (Wildman–Crippen MR) is 79.3 cm³/mol. The number of hydrogen-bond acceptors (Lipinski definition) is 5. The Morgan fingerprint density at radius 3 is 2.33 bits per heavy atom. The molecule has 7 nitrogen and oxygen atoms in total. The van der Waals surface area contributed by atoms with Crippen molar-refractivity contribution in [3.63, 3.8) is 0 Å². The monoisotopic (exact) mass is 315 g/mol. The zero-order valence-corrected chi connectivity index (χ0v) is 12.8. The highest BCUT2D eigenvalue weighted by Crippen LogP contribution is 2.17. The highest BCUT2D eigenvalue weighted by Gasteiger charge is 2.24. The van der Waals surface area contributed by atoms with Gasteiger partial charge in [0.1, 0.15) is 0 Å². The van der Waals surface area contributed by atoms with Crippen LogP contribution < -0.4 is 0 Å². The van der Waals surface area contributed by atoms with Crippen molar-refractivity contribution in [2.45, 2.75) is 12.8 Å². The number of nitrogens with zero attached hydrogens (tertiary/aromatic N) is 3. The van der Waals surface area contributed by atoms with Crippen molar-refractivity contribution >= 4 is 28.9 Å². The van der Waals surface area contributed by atoms with E-state index in [1.165, 1.54) is 11.8 Å². The molecule has 0 aromatic carbocycles. The van der Waals surface area contributed by atoms with Crippen LogP contribution in [0.5, 0.6) is 0 Å². The quantitative estimate of drug-likeness (QED) is 0.752. The van der Waals surface area contributed by atoms with Crippen molar-refractivity contribution in [1.29, 1.82) is 0 Å². The third kappa shape index (κ3) is 4.89. The lowest BCUT2D eigenvalue weighted by atomic mass is 10.2. The number of rotatable bonds is 6. The predicted octanol–water partition coefficient (Wildman–Crippen LogP) is 0.164. The van der Waals surface area contributed by atoms with Gasteiger partial charge in [-0.1, -0.05) is 11.8 Å². The van der Waals surface area contributed by atoms with Crippen molar-refractivity contribution in [2.75, 3.05) is 51.6 Å².